The molecule has 0 radical (unpaired) electrons. The lowest BCUT2D eigenvalue weighted by molar-refractivity contribution is 0.324. The van der Waals surface area contributed by atoms with Crippen molar-refractivity contribution in [2.75, 3.05) is 28.4 Å². The third-order valence-corrected chi connectivity index (χ3v) is 4.42. The van der Waals surface area contributed by atoms with E-state index in [2.05, 4.69) is 15.3 Å². The Bertz CT molecular complexity index is 915. The number of thiocarbonyl (C=S) groups is 1. The molecule has 1 atom stereocenters. The molecule has 2 aromatic carbocycles. The number of nitrogens with zero attached hydrogens (tertiary/aromatic N) is 4. The van der Waals surface area contributed by atoms with E-state index < -0.39 is 6.17 Å². The third kappa shape index (κ3) is 3.74. The molecule has 1 aliphatic rings. The quantitative estimate of drug-likeness (QED) is 0.520. The summed E-state index contributed by atoms with van der Waals surface area (Å²) in [7, 11) is 6.29. The Labute approximate surface area is 168 Å². The second-order valence-corrected chi connectivity index (χ2v) is 6.02. The summed E-state index contributed by atoms with van der Waals surface area (Å²) in [4.78, 5) is 0. The first-order valence-corrected chi connectivity index (χ1v) is 8.74. The summed E-state index contributed by atoms with van der Waals surface area (Å²) in [6.07, 6.45) is 1.18. The number of hydrogen-bond acceptors (Lipinski definition) is 7. The van der Waals surface area contributed by atoms with Crippen LogP contribution in [0.2, 0.25) is 0 Å². The molecule has 0 amide bonds. The molecule has 0 aliphatic carbocycles. The number of rotatable bonds is 7. The normalized spacial score (nSPS) is 15.9. The Hall–Kier alpha value is -3.20. The number of ether oxygens (including phenoxy) is 4. The summed E-state index contributed by atoms with van der Waals surface area (Å²) in [5.74, 6) is 2.31. The largest absolute Gasteiger partial charge is 0.497 e. The molecule has 0 saturated carbocycles. The molecule has 1 aliphatic heterocycles. The Balaban J connectivity index is 1.90. The molecule has 1 heterocycles. The number of azo groups is 1. The van der Waals surface area contributed by atoms with E-state index in [4.69, 9.17) is 31.2 Å². The fourth-order valence-corrected chi connectivity index (χ4v) is 2.94. The fraction of sp³-hybridized carbons (Fsp3) is 0.263. The van der Waals surface area contributed by atoms with Crippen LogP contribution < -0.4 is 18.9 Å². The van der Waals surface area contributed by atoms with E-state index in [9.17, 15) is 0 Å². The van der Waals surface area contributed by atoms with Crippen molar-refractivity contribution in [2.45, 2.75) is 6.17 Å². The van der Waals surface area contributed by atoms with Crippen LogP contribution in [0.5, 0.6) is 23.0 Å². The van der Waals surface area contributed by atoms with Crippen LogP contribution in [-0.2, 0) is 0 Å². The van der Waals surface area contributed by atoms with Gasteiger partial charge in [0.05, 0.1) is 34.7 Å². The zero-order chi connectivity index (χ0) is 20.1. The van der Waals surface area contributed by atoms with Gasteiger partial charge in [0.25, 0.3) is 0 Å². The molecule has 0 aromatic heterocycles. The van der Waals surface area contributed by atoms with Gasteiger partial charge in [-0.1, -0.05) is 12.1 Å². The highest BCUT2D eigenvalue weighted by atomic mass is 32.1. The van der Waals surface area contributed by atoms with Crippen LogP contribution in [-0.4, -0.2) is 44.8 Å². The monoisotopic (exact) mass is 400 g/mol. The van der Waals surface area contributed by atoms with Gasteiger partial charge in [-0.05, 0) is 36.5 Å². The number of hydrazone groups is 1. The van der Waals surface area contributed by atoms with E-state index in [1.807, 2.05) is 30.3 Å². The van der Waals surface area contributed by atoms with Crippen LogP contribution >= 0.6 is 12.2 Å². The molecule has 1 unspecified atom stereocenters. The van der Waals surface area contributed by atoms with Crippen molar-refractivity contribution in [2.24, 2.45) is 15.3 Å². The first kappa shape index (κ1) is 19.6. The highest BCUT2D eigenvalue weighted by molar-refractivity contribution is 7.80. The van der Waals surface area contributed by atoms with Gasteiger partial charge in [-0.3, -0.25) is 0 Å². The first-order valence-electron chi connectivity index (χ1n) is 8.33. The summed E-state index contributed by atoms with van der Waals surface area (Å²) in [5, 5.41) is 14.5. The van der Waals surface area contributed by atoms with E-state index in [-0.39, 0.29) is 5.11 Å². The second-order valence-electron chi connectivity index (χ2n) is 5.66. The summed E-state index contributed by atoms with van der Waals surface area (Å²) < 4.78 is 21.4. The van der Waals surface area contributed by atoms with Crippen LogP contribution in [0.4, 0.5) is 0 Å². The maximum atomic E-state index is 5.48. The van der Waals surface area contributed by atoms with Crippen LogP contribution in [0.1, 0.15) is 17.3 Å². The summed E-state index contributed by atoms with van der Waals surface area (Å²) in [5.41, 5.74) is 1.59. The molecule has 0 saturated heterocycles. The smallest absolute Gasteiger partial charge is 0.238 e. The molecule has 0 spiro atoms. The molecule has 0 N–H and O–H groups in total. The molecule has 0 fully saturated rings. The minimum atomic E-state index is -0.444. The molecule has 9 heteroatoms. The molecule has 8 nitrogen and oxygen atoms in total. The first-order chi connectivity index (χ1) is 13.6. The van der Waals surface area contributed by atoms with Crippen molar-refractivity contribution in [1.29, 1.82) is 0 Å². The lowest BCUT2D eigenvalue weighted by Gasteiger charge is -2.18. The highest BCUT2D eigenvalue weighted by Crippen LogP contribution is 2.39. The Morgan fingerprint density at radius 1 is 0.929 bits per heavy atom. The number of methoxy groups -OCH3 is 4. The Morgan fingerprint density at radius 2 is 1.64 bits per heavy atom. The van der Waals surface area contributed by atoms with Gasteiger partial charge in [-0.15, -0.1) is 5.11 Å². The fourth-order valence-electron chi connectivity index (χ4n) is 2.75. The summed E-state index contributed by atoms with van der Waals surface area (Å²) in [6, 6.07) is 11.1. The van der Waals surface area contributed by atoms with Crippen LogP contribution in [0, 0.1) is 0 Å². The van der Waals surface area contributed by atoms with Crippen LogP contribution in [0.25, 0.3) is 0 Å². The molecule has 0 bridgehead atoms. The predicted octanol–water partition coefficient (Wildman–Crippen LogP) is 3.81. The van der Waals surface area contributed by atoms with Gasteiger partial charge in [-0.2, -0.15) is 10.2 Å². The Kier molecular flexibility index (Phi) is 6.05. The van der Waals surface area contributed by atoms with Gasteiger partial charge in [0.2, 0.25) is 10.9 Å². The average Bonchev–Trinajstić information content (AvgIpc) is 3.11. The number of benzene rings is 2. The van der Waals surface area contributed by atoms with Gasteiger partial charge in [0.15, 0.2) is 17.7 Å². The maximum absolute atomic E-state index is 5.48. The molecule has 28 heavy (non-hydrogen) atoms. The van der Waals surface area contributed by atoms with Gasteiger partial charge >= 0.3 is 0 Å². The topological polar surface area (TPSA) is 77.2 Å². The van der Waals surface area contributed by atoms with Crippen molar-refractivity contribution in [1.82, 2.24) is 5.01 Å². The van der Waals surface area contributed by atoms with Crippen molar-refractivity contribution in [3.05, 3.63) is 47.5 Å². The second kappa shape index (κ2) is 8.66. The lowest BCUT2D eigenvalue weighted by atomic mass is 10.1. The van der Waals surface area contributed by atoms with Gasteiger partial charge in [0.1, 0.15) is 5.75 Å². The van der Waals surface area contributed by atoms with E-state index >= 15 is 0 Å². The summed E-state index contributed by atoms with van der Waals surface area (Å²) in [6.45, 7) is 0. The van der Waals surface area contributed by atoms with E-state index in [1.54, 1.807) is 45.7 Å². The van der Waals surface area contributed by atoms with Crippen molar-refractivity contribution >= 4 is 23.5 Å². The zero-order valence-corrected chi connectivity index (χ0v) is 16.8. The minimum Gasteiger partial charge on any atom is -0.497 e. The average molecular weight is 400 g/mol. The SMILES string of the molecule is COc1ccc(C2N=NC(=S)N2N=Cc2ccc(OC)c(OC)c2OC)cc1. The van der Waals surface area contributed by atoms with Crippen molar-refractivity contribution in [3.8, 4) is 23.0 Å². The van der Waals surface area contributed by atoms with Gasteiger partial charge in [-0.25, -0.2) is 5.01 Å². The van der Waals surface area contributed by atoms with Crippen molar-refractivity contribution < 1.29 is 18.9 Å². The molecule has 3 rings (SSSR count). The number of hydrogen-bond donors (Lipinski definition) is 0. The Morgan fingerprint density at radius 3 is 2.25 bits per heavy atom. The van der Waals surface area contributed by atoms with Gasteiger partial charge < -0.3 is 18.9 Å². The molecular weight excluding hydrogens is 380 g/mol. The third-order valence-electron chi connectivity index (χ3n) is 4.15. The lowest BCUT2D eigenvalue weighted by Crippen LogP contribution is -2.21. The van der Waals surface area contributed by atoms with E-state index in [0.717, 1.165) is 11.3 Å². The zero-order valence-electron chi connectivity index (χ0n) is 15.9. The molecule has 146 valence electrons. The predicted molar refractivity (Wildman–Crippen MR) is 109 cm³/mol. The van der Waals surface area contributed by atoms with Crippen LogP contribution in [0.3, 0.4) is 0 Å². The minimum absolute atomic E-state index is 0.275. The van der Waals surface area contributed by atoms with Crippen molar-refractivity contribution in [3.63, 3.8) is 0 Å². The van der Waals surface area contributed by atoms with E-state index in [0.29, 0.717) is 22.8 Å². The highest BCUT2D eigenvalue weighted by Gasteiger charge is 2.28. The van der Waals surface area contributed by atoms with Gasteiger partial charge in [0, 0.05) is 11.1 Å². The summed E-state index contributed by atoms with van der Waals surface area (Å²) >= 11 is 5.28. The standard InChI is InChI=1S/C19H20N4O4S/c1-24-14-8-5-12(6-9-14)18-21-22-19(28)23(18)20-11-13-7-10-15(25-2)17(27-4)16(13)26-3/h5-11,18H,1-4H3. The van der Waals surface area contributed by atoms with E-state index in [1.165, 1.54) is 0 Å². The maximum Gasteiger partial charge on any atom is 0.238 e. The molecular formula is C19H20N4O4S. The molecule has 2 aromatic rings. The van der Waals surface area contributed by atoms with Crippen LogP contribution in [0.15, 0.2) is 51.7 Å².